The lowest BCUT2D eigenvalue weighted by Gasteiger charge is -1.94. The number of fused-ring (bicyclic) bond motifs is 1. The van der Waals surface area contributed by atoms with Crippen molar-refractivity contribution in [3.05, 3.63) is 18.2 Å². The Hall–Kier alpha value is -1.51. The van der Waals surface area contributed by atoms with Gasteiger partial charge in [0.25, 0.3) is 0 Å². The molecule has 92 valence electrons. The van der Waals surface area contributed by atoms with Crippen LogP contribution in [0.5, 0.6) is 0 Å². The molecule has 3 aromatic rings. The van der Waals surface area contributed by atoms with Gasteiger partial charge in [-0.25, -0.2) is 4.98 Å². The van der Waals surface area contributed by atoms with E-state index in [-0.39, 0.29) is 0 Å². The van der Waals surface area contributed by atoms with Gasteiger partial charge in [-0.05, 0) is 6.07 Å². The normalized spacial score (nSPS) is 13.1. The van der Waals surface area contributed by atoms with Crippen LogP contribution in [0.2, 0.25) is 0 Å². The maximum atomic E-state index is 11.4. The average molecular weight is 280 g/mol. The molecule has 3 heterocycles. The number of thiazole rings is 1. The van der Waals surface area contributed by atoms with Gasteiger partial charge in [0.2, 0.25) is 11.8 Å². The molecular formula is C10H8N4O2S2. The van der Waals surface area contributed by atoms with E-state index in [1.807, 2.05) is 6.07 Å². The molecular weight excluding hydrogens is 272 g/mol. The van der Waals surface area contributed by atoms with E-state index >= 15 is 0 Å². The lowest BCUT2D eigenvalue weighted by Crippen LogP contribution is -1.95. The summed E-state index contributed by atoms with van der Waals surface area (Å²) < 4.78 is 18.1. The van der Waals surface area contributed by atoms with Gasteiger partial charge >= 0.3 is 4.34 Å². The molecule has 0 bridgehead atoms. The first kappa shape index (κ1) is 11.6. The van der Waals surface area contributed by atoms with Crippen LogP contribution in [0.4, 0.5) is 0 Å². The Labute approximate surface area is 109 Å². The molecule has 3 aromatic heterocycles. The predicted octanol–water partition coefficient (Wildman–Crippen LogP) is 1.79. The first-order chi connectivity index (χ1) is 8.63. The lowest BCUT2D eigenvalue weighted by molar-refractivity contribution is 0.532. The van der Waals surface area contributed by atoms with Crippen LogP contribution in [-0.2, 0) is 11.2 Å². The Balaban J connectivity index is 2.10. The molecule has 1 unspecified atom stereocenters. The van der Waals surface area contributed by atoms with Gasteiger partial charge in [0.05, 0.1) is 10.3 Å². The highest BCUT2D eigenvalue weighted by molar-refractivity contribution is 7.92. The van der Waals surface area contributed by atoms with Gasteiger partial charge in [-0.3, -0.25) is 0 Å². The van der Waals surface area contributed by atoms with E-state index < -0.39 is 11.2 Å². The molecule has 0 amide bonds. The van der Waals surface area contributed by atoms with E-state index in [1.54, 1.807) is 19.4 Å². The first-order valence-corrected chi connectivity index (χ1v) is 7.41. The van der Waals surface area contributed by atoms with Crippen molar-refractivity contribution >= 4 is 32.9 Å². The molecule has 0 spiro atoms. The number of pyridine rings is 1. The fourth-order valence-corrected chi connectivity index (χ4v) is 3.10. The van der Waals surface area contributed by atoms with Crippen molar-refractivity contribution in [2.45, 2.75) is 11.3 Å². The molecule has 0 aliphatic carbocycles. The lowest BCUT2D eigenvalue weighted by atomic mass is 10.3. The van der Waals surface area contributed by atoms with E-state index in [9.17, 15) is 4.55 Å². The Bertz CT molecular complexity index is 707. The minimum absolute atomic E-state index is 0.425. The van der Waals surface area contributed by atoms with Crippen LogP contribution in [0, 0.1) is 6.92 Å². The zero-order valence-corrected chi connectivity index (χ0v) is 11.2. The monoisotopic (exact) mass is 280 g/mol. The summed E-state index contributed by atoms with van der Waals surface area (Å²) in [6.45, 7) is 1.73. The molecule has 0 aliphatic heterocycles. The van der Waals surface area contributed by atoms with Gasteiger partial charge in [-0.15, -0.1) is 10.2 Å². The van der Waals surface area contributed by atoms with Crippen LogP contribution in [-0.4, -0.2) is 31.0 Å². The average Bonchev–Trinajstić information content (AvgIpc) is 2.93. The second-order valence-corrected chi connectivity index (χ2v) is 6.19. The van der Waals surface area contributed by atoms with E-state index in [2.05, 4.69) is 20.2 Å². The second-order valence-electron chi connectivity index (χ2n) is 3.61. The maximum absolute atomic E-state index is 11.4. The topological polar surface area (TPSA) is 87.8 Å². The predicted molar refractivity (Wildman–Crippen MR) is 67.8 cm³/mol. The SMILES string of the molecule is Cc1nnc(-c2cnc3nc([S+](C)[O-])sc3c2)o1. The summed E-state index contributed by atoms with van der Waals surface area (Å²) in [4.78, 5) is 8.40. The van der Waals surface area contributed by atoms with Gasteiger partial charge in [0, 0.05) is 24.3 Å². The second kappa shape index (κ2) is 4.30. The van der Waals surface area contributed by atoms with Crippen molar-refractivity contribution < 1.29 is 8.97 Å². The number of aromatic nitrogens is 4. The zero-order valence-electron chi connectivity index (χ0n) is 9.58. The summed E-state index contributed by atoms with van der Waals surface area (Å²) in [6.07, 6.45) is 3.22. The van der Waals surface area contributed by atoms with Crippen molar-refractivity contribution in [1.82, 2.24) is 20.2 Å². The van der Waals surface area contributed by atoms with Gasteiger partial charge in [0.15, 0.2) is 5.65 Å². The minimum atomic E-state index is -1.09. The molecule has 0 aliphatic rings. The third kappa shape index (κ3) is 1.98. The van der Waals surface area contributed by atoms with E-state index in [0.29, 0.717) is 21.8 Å². The summed E-state index contributed by atoms with van der Waals surface area (Å²) in [5.74, 6) is 0.930. The van der Waals surface area contributed by atoms with Crippen LogP contribution in [0.1, 0.15) is 5.89 Å². The largest absolute Gasteiger partial charge is 0.610 e. The third-order valence-electron chi connectivity index (χ3n) is 2.25. The van der Waals surface area contributed by atoms with E-state index in [0.717, 1.165) is 10.3 Å². The molecule has 1 atom stereocenters. The number of rotatable bonds is 2. The summed E-state index contributed by atoms with van der Waals surface area (Å²) in [6, 6.07) is 1.86. The fourth-order valence-electron chi connectivity index (χ4n) is 1.45. The highest BCUT2D eigenvalue weighted by Gasteiger charge is 2.15. The van der Waals surface area contributed by atoms with E-state index in [1.165, 1.54) is 11.3 Å². The summed E-state index contributed by atoms with van der Waals surface area (Å²) in [5.41, 5.74) is 1.32. The summed E-state index contributed by atoms with van der Waals surface area (Å²) in [5, 5.41) is 7.70. The van der Waals surface area contributed by atoms with Crippen molar-refractivity contribution in [3.8, 4) is 11.5 Å². The van der Waals surface area contributed by atoms with Crippen LogP contribution < -0.4 is 0 Å². The van der Waals surface area contributed by atoms with Crippen molar-refractivity contribution in [1.29, 1.82) is 0 Å². The smallest absolute Gasteiger partial charge is 0.303 e. The molecule has 0 fully saturated rings. The Morgan fingerprint density at radius 1 is 1.39 bits per heavy atom. The van der Waals surface area contributed by atoms with E-state index in [4.69, 9.17) is 4.42 Å². The van der Waals surface area contributed by atoms with Gasteiger partial charge < -0.3 is 8.97 Å². The number of aryl methyl sites for hydroxylation is 1. The highest BCUT2D eigenvalue weighted by Crippen LogP contribution is 2.27. The Morgan fingerprint density at radius 3 is 2.89 bits per heavy atom. The summed E-state index contributed by atoms with van der Waals surface area (Å²) >= 11 is 0.265. The fraction of sp³-hybridized carbons (Fsp3) is 0.200. The van der Waals surface area contributed by atoms with Gasteiger partial charge in [0.1, 0.15) is 6.26 Å². The standard InChI is InChI=1S/C10H8N4O2S2/c1-5-13-14-9(16-5)6-3-7-8(11-4-6)12-10(17-7)18(2)15/h3-4H,1-2H3. The third-order valence-corrected chi connectivity index (χ3v) is 4.57. The number of hydrogen-bond donors (Lipinski definition) is 0. The molecule has 0 aromatic carbocycles. The Kier molecular flexibility index (Phi) is 2.77. The van der Waals surface area contributed by atoms with Gasteiger partial charge in [-0.2, -0.15) is 4.98 Å². The number of hydrogen-bond acceptors (Lipinski definition) is 7. The van der Waals surface area contributed by atoms with Crippen LogP contribution in [0.15, 0.2) is 21.0 Å². The number of nitrogens with zero attached hydrogens (tertiary/aromatic N) is 4. The maximum Gasteiger partial charge on any atom is 0.303 e. The van der Waals surface area contributed by atoms with Gasteiger partial charge in [-0.1, -0.05) is 11.3 Å². The van der Waals surface area contributed by atoms with Crippen molar-refractivity contribution in [2.75, 3.05) is 6.26 Å². The Morgan fingerprint density at radius 2 is 2.22 bits per heavy atom. The summed E-state index contributed by atoms with van der Waals surface area (Å²) in [7, 11) is 0. The molecule has 18 heavy (non-hydrogen) atoms. The van der Waals surface area contributed by atoms with Crippen molar-refractivity contribution in [2.24, 2.45) is 0 Å². The minimum Gasteiger partial charge on any atom is -0.610 e. The van der Waals surface area contributed by atoms with Crippen LogP contribution >= 0.6 is 11.3 Å². The van der Waals surface area contributed by atoms with Crippen LogP contribution in [0.3, 0.4) is 0 Å². The quantitative estimate of drug-likeness (QED) is 0.665. The molecule has 6 nitrogen and oxygen atoms in total. The highest BCUT2D eigenvalue weighted by atomic mass is 32.2. The molecule has 3 rings (SSSR count). The molecule has 0 saturated heterocycles. The molecule has 8 heteroatoms. The molecule has 0 radical (unpaired) electrons. The zero-order chi connectivity index (χ0) is 12.7. The first-order valence-electron chi connectivity index (χ1n) is 5.04. The van der Waals surface area contributed by atoms with Crippen molar-refractivity contribution in [3.63, 3.8) is 0 Å². The molecule has 0 N–H and O–H groups in total. The van der Waals surface area contributed by atoms with Crippen LogP contribution in [0.25, 0.3) is 21.8 Å². The molecule has 0 saturated carbocycles.